The van der Waals surface area contributed by atoms with Crippen LogP contribution in [0.1, 0.15) is 27.8 Å². The summed E-state index contributed by atoms with van der Waals surface area (Å²) in [6.45, 7) is 9.68. The highest BCUT2D eigenvalue weighted by atomic mass is 16.5. The molecule has 4 aromatic rings. The minimum absolute atomic E-state index is 0.135. The molecule has 34 heavy (non-hydrogen) atoms. The van der Waals surface area contributed by atoms with Crippen molar-refractivity contribution in [2.45, 2.75) is 34.6 Å². The van der Waals surface area contributed by atoms with Crippen molar-refractivity contribution in [2.24, 2.45) is 0 Å². The van der Waals surface area contributed by atoms with Crippen molar-refractivity contribution in [1.82, 2.24) is 0 Å². The van der Waals surface area contributed by atoms with Crippen LogP contribution in [0.4, 0.5) is 17.1 Å². The number of aryl methyl sites for hydroxylation is 3. The average molecular weight is 456 g/mol. The van der Waals surface area contributed by atoms with Crippen molar-refractivity contribution < 1.29 is 20.1 Å². The Morgan fingerprint density at radius 2 is 1.18 bits per heavy atom. The number of benzene rings is 4. The molecule has 0 radical (unpaired) electrons. The van der Waals surface area contributed by atoms with Gasteiger partial charge in [-0.2, -0.15) is 0 Å². The Balaban J connectivity index is 1.93. The standard InChI is InChI=1S/C29H29NO4/c1-17-9-12-23(31)16-27(17)34-24-8-6-7-22(15-24)30(28-18(2)10-13-25(32)20(28)4)29-19(3)11-14-26(33)21(29)5/h6-16,31-33H,1-5H3. The highest BCUT2D eigenvalue weighted by Gasteiger charge is 2.23. The predicted molar refractivity (Wildman–Crippen MR) is 136 cm³/mol. The number of hydrogen-bond donors (Lipinski definition) is 3. The van der Waals surface area contributed by atoms with Crippen LogP contribution < -0.4 is 9.64 Å². The highest BCUT2D eigenvalue weighted by molar-refractivity contribution is 5.85. The molecule has 0 spiro atoms. The minimum atomic E-state index is 0.135. The van der Waals surface area contributed by atoms with Gasteiger partial charge in [0.25, 0.3) is 0 Å². The Bertz CT molecular complexity index is 1320. The van der Waals surface area contributed by atoms with Crippen LogP contribution in [-0.4, -0.2) is 15.3 Å². The largest absolute Gasteiger partial charge is 0.508 e. The maximum absolute atomic E-state index is 10.5. The predicted octanol–water partition coefficient (Wildman–Crippen LogP) is 7.61. The maximum atomic E-state index is 10.5. The van der Waals surface area contributed by atoms with Gasteiger partial charge >= 0.3 is 0 Å². The summed E-state index contributed by atoms with van der Waals surface area (Å²) in [6, 6.07) is 19.8. The van der Waals surface area contributed by atoms with Gasteiger partial charge in [0, 0.05) is 28.9 Å². The Labute approximate surface area is 200 Å². The number of phenolic OH excluding ortho intramolecular Hbond substituents is 3. The Kier molecular flexibility index (Phi) is 6.12. The summed E-state index contributed by atoms with van der Waals surface area (Å²) in [5.74, 6) is 1.70. The van der Waals surface area contributed by atoms with Gasteiger partial charge in [-0.15, -0.1) is 0 Å². The van der Waals surface area contributed by atoms with Crippen molar-refractivity contribution in [3.8, 4) is 28.7 Å². The minimum Gasteiger partial charge on any atom is -0.508 e. The molecular formula is C29H29NO4. The lowest BCUT2D eigenvalue weighted by molar-refractivity contribution is 0.453. The zero-order chi connectivity index (χ0) is 24.6. The van der Waals surface area contributed by atoms with Crippen molar-refractivity contribution in [2.75, 3.05) is 4.90 Å². The summed E-state index contributed by atoms with van der Waals surface area (Å²) in [4.78, 5) is 2.05. The molecule has 4 rings (SSSR count). The van der Waals surface area contributed by atoms with Crippen molar-refractivity contribution in [3.05, 3.63) is 94.5 Å². The summed E-state index contributed by atoms with van der Waals surface area (Å²) in [7, 11) is 0. The summed E-state index contributed by atoms with van der Waals surface area (Å²) in [5, 5.41) is 31.0. The molecule has 4 aromatic carbocycles. The van der Waals surface area contributed by atoms with Gasteiger partial charge in [-0.05, 0) is 81.6 Å². The molecular weight excluding hydrogens is 426 g/mol. The molecule has 0 aliphatic carbocycles. The molecule has 0 saturated carbocycles. The van der Waals surface area contributed by atoms with Crippen LogP contribution >= 0.6 is 0 Å². The zero-order valence-corrected chi connectivity index (χ0v) is 20.0. The SMILES string of the molecule is Cc1ccc(O)cc1Oc1cccc(N(c2c(C)ccc(O)c2C)c2c(C)ccc(O)c2C)c1. The van der Waals surface area contributed by atoms with E-state index in [1.807, 2.05) is 71.0 Å². The van der Waals surface area contributed by atoms with Gasteiger partial charge in [-0.1, -0.05) is 24.3 Å². The number of aromatic hydroxyl groups is 3. The van der Waals surface area contributed by atoms with Crippen molar-refractivity contribution >= 4 is 17.1 Å². The van der Waals surface area contributed by atoms with E-state index in [0.29, 0.717) is 11.5 Å². The fourth-order valence-corrected chi connectivity index (χ4v) is 4.22. The van der Waals surface area contributed by atoms with Crippen LogP contribution in [0.2, 0.25) is 0 Å². The summed E-state index contributed by atoms with van der Waals surface area (Å²) >= 11 is 0. The molecule has 3 N–H and O–H groups in total. The Morgan fingerprint density at radius 3 is 1.76 bits per heavy atom. The van der Waals surface area contributed by atoms with Gasteiger partial charge in [-0.25, -0.2) is 0 Å². The molecule has 5 nitrogen and oxygen atoms in total. The van der Waals surface area contributed by atoms with Gasteiger partial charge in [0.2, 0.25) is 0 Å². The number of rotatable bonds is 5. The van der Waals surface area contributed by atoms with Gasteiger partial charge in [-0.3, -0.25) is 0 Å². The Morgan fingerprint density at radius 1 is 0.618 bits per heavy atom. The van der Waals surface area contributed by atoms with Crippen molar-refractivity contribution in [3.63, 3.8) is 0 Å². The molecule has 0 fully saturated rings. The molecule has 0 aromatic heterocycles. The maximum Gasteiger partial charge on any atom is 0.134 e. The van der Waals surface area contributed by atoms with Crippen LogP contribution in [0.5, 0.6) is 28.7 Å². The second-order valence-corrected chi connectivity index (χ2v) is 8.64. The van der Waals surface area contributed by atoms with E-state index < -0.39 is 0 Å². The zero-order valence-electron chi connectivity index (χ0n) is 20.0. The summed E-state index contributed by atoms with van der Waals surface area (Å²) in [5.41, 5.74) is 6.81. The number of ether oxygens (including phenoxy) is 1. The normalized spacial score (nSPS) is 10.9. The van der Waals surface area contributed by atoms with E-state index >= 15 is 0 Å². The first-order chi connectivity index (χ1) is 16.2. The number of hydrogen-bond acceptors (Lipinski definition) is 5. The molecule has 0 atom stereocenters. The first-order valence-corrected chi connectivity index (χ1v) is 11.1. The van der Waals surface area contributed by atoms with E-state index in [2.05, 4.69) is 4.90 Å². The smallest absolute Gasteiger partial charge is 0.134 e. The molecule has 0 aliphatic heterocycles. The van der Waals surface area contributed by atoms with Gasteiger partial charge in [0.05, 0.1) is 11.4 Å². The molecule has 0 amide bonds. The monoisotopic (exact) mass is 455 g/mol. The summed E-state index contributed by atoms with van der Waals surface area (Å²) < 4.78 is 6.14. The number of anilines is 3. The quantitative estimate of drug-likeness (QED) is 0.289. The lowest BCUT2D eigenvalue weighted by Crippen LogP contribution is -2.15. The van der Waals surface area contributed by atoms with E-state index in [-0.39, 0.29) is 17.2 Å². The van der Waals surface area contributed by atoms with Crippen LogP contribution in [0.25, 0.3) is 0 Å². The first kappa shape index (κ1) is 23.1. The molecule has 5 heteroatoms. The van der Waals surface area contributed by atoms with Gasteiger partial charge in [0.15, 0.2) is 0 Å². The lowest BCUT2D eigenvalue weighted by Gasteiger charge is -2.32. The fourth-order valence-electron chi connectivity index (χ4n) is 4.22. The van der Waals surface area contributed by atoms with Crippen LogP contribution in [0.15, 0.2) is 66.7 Å². The van der Waals surface area contributed by atoms with E-state index in [4.69, 9.17) is 4.74 Å². The van der Waals surface area contributed by atoms with Crippen LogP contribution in [0, 0.1) is 34.6 Å². The first-order valence-electron chi connectivity index (χ1n) is 11.1. The number of nitrogens with zero attached hydrogens (tertiary/aromatic N) is 1. The second kappa shape index (κ2) is 9.02. The molecule has 0 unspecified atom stereocenters. The van der Waals surface area contributed by atoms with E-state index in [1.54, 1.807) is 30.3 Å². The fraction of sp³-hybridized carbons (Fsp3) is 0.172. The molecule has 0 heterocycles. The third kappa shape index (κ3) is 4.25. The third-order valence-corrected chi connectivity index (χ3v) is 6.13. The summed E-state index contributed by atoms with van der Waals surface area (Å²) in [6.07, 6.45) is 0. The third-order valence-electron chi connectivity index (χ3n) is 6.13. The van der Waals surface area contributed by atoms with Gasteiger partial charge < -0.3 is 25.0 Å². The van der Waals surface area contributed by atoms with E-state index in [0.717, 1.165) is 44.9 Å². The molecule has 0 bridgehead atoms. The van der Waals surface area contributed by atoms with E-state index in [1.165, 1.54) is 0 Å². The molecule has 0 aliphatic rings. The van der Waals surface area contributed by atoms with E-state index in [9.17, 15) is 15.3 Å². The van der Waals surface area contributed by atoms with Crippen LogP contribution in [-0.2, 0) is 0 Å². The number of phenols is 3. The molecule has 174 valence electrons. The topological polar surface area (TPSA) is 73.2 Å². The van der Waals surface area contributed by atoms with Crippen molar-refractivity contribution in [1.29, 1.82) is 0 Å². The van der Waals surface area contributed by atoms with Gasteiger partial charge in [0.1, 0.15) is 28.7 Å². The van der Waals surface area contributed by atoms with Crippen LogP contribution in [0.3, 0.4) is 0 Å². The Hall–Kier alpha value is -4.12. The lowest BCUT2D eigenvalue weighted by atomic mass is 10.0. The average Bonchev–Trinajstić information content (AvgIpc) is 2.80. The second-order valence-electron chi connectivity index (χ2n) is 8.64. The highest BCUT2D eigenvalue weighted by Crippen LogP contribution is 2.46. The molecule has 0 saturated heterocycles.